The first-order valence-corrected chi connectivity index (χ1v) is 5.18. The molecule has 0 saturated heterocycles. The third-order valence-corrected chi connectivity index (χ3v) is 2.58. The van der Waals surface area contributed by atoms with Crippen molar-refractivity contribution in [2.75, 3.05) is 0 Å². The predicted molar refractivity (Wildman–Crippen MR) is 59.2 cm³/mol. The van der Waals surface area contributed by atoms with Crippen molar-refractivity contribution in [1.29, 1.82) is 0 Å². The average molecular weight is 255 g/mol. The van der Waals surface area contributed by atoms with E-state index < -0.39 is 5.60 Å². The Labute approximate surface area is 90.7 Å². The third kappa shape index (κ3) is 1.70. The Morgan fingerprint density at radius 2 is 2.00 bits per heavy atom. The maximum absolute atomic E-state index is 9.75. The van der Waals surface area contributed by atoms with Crippen LogP contribution in [-0.4, -0.2) is 5.11 Å². The SMILES string of the molecule is CC(C)(O)c1cc2ccc(Br)cc2o1. The summed E-state index contributed by atoms with van der Waals surface area (Å²) in [5, 5.41) is 10.8. The van der Waals surface area contributed by atoms with E-state index in [2.05, 4.69) is 15.9 Å². The highest BCUT2D eigenvalue weighted by atomic mass is 79.9. The Kier molecular flexibility index (Phi) is 2.16. The Bertz CT molecular complexity index is 466. The van der Waals surface area contributed by atoms with E-state index >= 15 is 0 Å². The molecule has 0 bridgehead atoms. The molecule has 1 heterocycles. The molecule has 1 N–H and O–H groups in total. The standard InChI is InChI=1S/C11H11BrO2/c1-11(2,13)10-5-7-3-4-8(12)6-9(7)14-10/h3-6,13H,1-2H3. The van der Waals surface area contributed by atoms with Gasteiger partial charge in [-0.1, -0.05) is 15.9 Å². The van der Waals surface area contributed by atoms with E-state index in [1.165, 1.54) is 0 Å². The van der Waals surface area contributed by atoms with Gasteiger partial charge in [-0.25, -0.2) is 0 Å². The highest BCUT2D eigenvalue weighted by Crippen LogP contribution is 2.29. The molecular weight excluding hydrogens is 244 g/mol. The van der Waals surface area contributed by atoms with E-state index in [0.717, 1.165) is 15.4 Å². The number of aliphatic hydroxyl groups is 1. The molecular formula is C11H11BrO2. The van der Waals surface area contributed by atoms with Crippen molar-refractivity contribution >= 4 is 26.9 Å². The summed E-state index contributed by atoms with van der Waals surface area (Å²) < 4.78 is 6.51. The topological polar surface area (TPSA) is 33.4 Å². The zero-order valence-corrected chi connectivity index (χ0v) is 9.63. The fourth-order valence-corrected chi connectivity index (χ4v) is 1.65. The normalized spacial score (nSPS) is 12.3. The largest absolute Gasteiger partial charge is 0.458 e. The number of rotatable bonds is 1. The van der Waals surface area contributed by atoms with Crippen LogP contribution in [0.15, 0.2) is 33.2 Å². The van der Waals surface area contributed by atoms with Gasteiger partial charge in [0.1, 0.15) is 16.9 Å². The van der Waals surface area contributed by atoms with Crippen LogP contribution in [0.2, 0.25) is 0 Å². The van der Waals surface area contributed by atoms with Gasteiger partial charge in [0.15, 0.2) is 0 Å². The second-order valence-corrected chi connectivity index (χ2v) is 4.77. The Morgan fingerprint density at radius 3 is 2.64 bits per heavy atom. The molecule has 14 heavy (non-hydrogen) atoms. The first-order valence-electron chi connectivity index (χ1n) is 4.39. The molecule has 0 aliphatic heterocycles. The minimum atomic E-state index is -0.925. The molecule has 2 aromatic rings. The summed E-state index contributed by atoms with van der Waals surface area (Å²) >= 11 is 3.37. The van der Waals surface area contributed by atoms with Crippen LogP contribution in [0, 0.1) is 0 Å². The lowest BCUT2D eigenvalue weighted by Gasteiger charge is -2.12. The summed E-state index contributed by atoms with van der Waals surface area (Å²) in [5.41, 5.74) is -0.137. The number of fused-ring (bicyclic) bond motifs is 1. The van der Waals surface area contributed by atoms with Gasteiger partial charge in [-0.15, -0.1) is 0 Å². The number of halogens is 1. The molecule has 3 heteroatoms. The van der Waals surface area contributed by atoms with Gasteiger partial charge < -0.3 is 9.52 Å². The lowest BCUT2D eigenvalue weighted by molar-refractivity contribution is 0.0559. The smallest absolute Gasteiger partial charge is 0.136 e. The van der Waals surface area contributed by atoms with E-state index in [9.17, 15) is 5.11 Å². The second-order valence-electron chi connectivity index (χ2n) is 3.85. The number of hydrogen-bond acceptors (Lipinski definition) is 2. The van der Waals surface area contributed by atoms with Gasteiger partial charge in [-0.2, -0.15) is 0 Å². The van der Waals surface area contributed by atoms with Crippen LogP contribution in [0.1, 0.15) is 19.6 Å². The molecule has 0 spiro atoms. The summed E-state index contributed by atoms with van der Waals surface area (Å²) in [6.07, 6.45) is 0. The van der Waals surface area contributed by atoms with Crippen molar-refractivity contribution in [2.24, 2.45) is 0 Å². The first-order chi connectivity index (χ1) is 6.47. The van der Waals surface area contributed by atoms with Gasteiger partial charge >= 0.3 is 0 Å². The molecule has 0 radical (unpaired) electrons. The molecule has 0 atom stereocenters. The van der Waals surface area contributed by atoms with Crippen LogP contribution in [0.3, 0.4) is 0 Å². The Balaban J connectivity index is 2.63. The fourth-order valence-electron chi connectivity index (χ4n) is 1.31. The molecule has 2 nitrogen and oxygen atoms in total. The van der Waals surface area contributed by atoms with Crippen LogP contribution in [0.5, 0.6) is 0 Å². The van der Waals surface area contributed by atoms with Crippen molar-refractivity contribution in [2.45, 2.75) is 19.4 Å². The Morgan fingerprint density at radius 1 is 1.29 bits per heavy atom. The second kappa shape index (κ2) is 3.11. The summed E-state index contributed by atoms with van der Waals surface area (Å²) in [7, 11) is 0. The quantitative estimate of drug-likeness (QED) is 0.846. The fraction of sp³-hybridized carbons (Fsp3) is 0.273. The zero-order chi connectivity index (χ0) is 10.3. The molecule has 0 aliphatic rings. The van der Waals surface area contributed by atoms with Crippen molar-refractivity contribution in [3.8, 4) is 0 Å². The number of hydrogen-bond donors (Lipinski definition) is 1. The van der Waals surface area contributed by atoms with Gasteiger partial charge in [0.25, 0.3) is 0 Å². The van der Waals surface area contributed by atoms with Crippen molar-refractivity contribution < 1.29 is 9.52 Å². The van der Waals surface area contributed by atoms with E-state index in [0.29, 0.717) is 5.76 Å². The summed E-state index contributed by atoms with van der Waals surface area (Å²) in [6, 6.07) is 7.66. The Hall–Kier alpha value is -0.800. The predicted octanol–water partition coefficient (Wildman–Crippen LogP) is 3.42. The molecule has 2 rings (SSSR count). The lowest BCUT2D eigenvalue weighted by Crippen LogP contribution is -2.13. The first kappa shape index (κ1) is 9.74. The lowest BCUT2D eigenvalue weighted by atomic mass is 10.1. The highest BCUT2D eigenvalue weighted by molar-refractivity contribution is 9.10. The van der Waals surface area contributed by atoms with Crippen molar-refractivity contribution in [3.05, 3.63) is 34.5 Å². The summed E-state index contributed by atoms with van der Waals surface area (Å²) in [4.78, 5) is 0. The van der Waals surface area contributed by atoms with Crippen molar-refractivity contribution in [3.63, 3.8) is 0 Å². The number of furan rings is 1. The van der Waals surface area contributed by atoms with Crippen LogP contribution >= 0.6 is 15.9 Å². The minimum absolute atomic E-state index is 0.589. The maximum Gasteiger partial charge on any atom is 0.136 e. The van der Waals surface area contributed by atoms with Crippen molar-refractivity contribution in [1.82, 2.24) is 0 Å². The molecule has 1 aromatic carbocycles. The van der Waals surface area contributed by atoms with Gasteiger partial charge in [0, 0.05) is 9.86 Å². The van der Waals surface area contributed by atoms with Gasteiger partial charge in [0.2, 0.25) is 0 Å². The summed E-state index contributed by atoms with van der Waals surface area (Å²) in [6.45, 7) is 3.42. The highest BCUT2D eigenvalue weighted by Gasteiger charge is 2.20. The van der Waals surface area contributed by atoms with Gasteiger partial charge in [-0.05, 0) is 38.1 Å². The number of benzene rings is 1. The van der Waals surface area contributed by atoms with Gasteiger partial charge in [0.05, 0.1) is 0 Å². The molecule has 0 amide bonds. The molecule has 0 fully saturated rings. The zero-order valence-electron chi connectivity index (χ0n) is 8.04. The third-order valence-electron chi connectivity index (χ3n) is 2.09. The monoisotopic (exact) mass is 254 g/mol. The van der Waals surface area contributed by atoms with Crippen LogP contribution in [0.4, 0.5) is 0 Å². The average Bonchev–Trinajstić information content (AvgIpc) is 2.45. The molecule has 0 aliphatic carbocycles. The van der Waals surface area contributed by atoms with E-state index in [-0.39, 0.29) is 0 Å². The summed E-state index contributed by atoms with van der Waals surface area (Å²) in [5.74, 6) is 0.589. The van der Waals surface area contributed by atoms with E-state index in [4.69, 9.17) is 4.42 Å². The van der Waals surface area contributed by atoms with Gasteiger partial charge in [-0.3, -0.25) is 0 Å². The minimum Gasteiger partial charge on any atom is -0.458 e. The van der Waals surface area contributed by atoms with E-state index in [1.54, 1.807) is 13.8 Å². The molecule has 74 valence electrons. The van der Waals surface area contributed by atoms with Crippen LogP contribution in [0.25, 0.3) is 11.0 Å². The molecule has 1 aromatic heterocycles. The maximum atomic E-state index is 9.75. The van der Waals surface area contributed by atoms with Crippen LogP contribution in [-0.2, 0) is 5.60 Å². The molecule has 0 unspecified atom stereocenters. The van der Waals surface area contributed by atoms with E-state index in [1.807, 2.05) is 24.3 Å². The van der Waals surface area contributed by atoms with Crippen LogP contribution < -0.4 is 0 Å². The molecule has 0 saturated carbocycles.